The van der Waals surface area contributed by atoms with Gasteiger partial charge in [0, 0.05) is 6.26 Å². The lowest BCUT2D eigenvalue weighted by molar-refractivity contribution is 0.195. The molecule has 0 heterocycles. The summed E-state index contributed by atoms with van der Waals surface area (Å²) in [5.74, 6) is 0. The summed E-state index contributed by atoms with van der Waals surface area (Å²) in [6, 6.07) is 7.15. The minimum Gasteiger partial charge on any atom is -0.386 e. The Morgan fingerprint density at radius 2 is 2.00 bits per heavy atom. The third kappa shape index (κ3) is 3.29. The van der Waals surface area contributed by atoms with Gasteiger partial charge >= 0.3 is 0 Å². The smallest absolute Gasteiger partial charge is 0.163 e. The first-order valence-electron chi connectivity index (χ1n) is 4.40. The van der Waals surface area contributed by atoms with Crippen LogP contribution in [0, 0.1) is 6.92 Å². The first-order valence-corrected chi connectivity index (χ1v) is 7.27. The minimum atomic E-state index is -3.30. The quantitative estimate of drug-likeness (QED) is 0.865. The maximum Gasteiger partial charge on any atom is 0.163 e. The summed E-state index contributed by atoms with van der Waals surface area (Å²) in [6.45, 7) is 1.89. The van der Waals surface area contributed by atoms with E-state index in [1.165, 1.54) is 0 Å². The van der Waals surface area contributed by atoms with Crippen LogP contribution in [-0.2, 0) is 9.84 Å². The van der Waals surface area contributed by atoms with Crippen molar-refractivity contribution in [3.63, 3.8) is 0 Å². The van der Waals surface area contributed by atoms with E-state index in [1.54, 1.807) is 18.2 Å². The Morgan fingerprint density at radius 1 is 1.40 bits per heavy atom. The highest BCUT2D eigenvalue weighted by atomic mass is 79.9. The van der Waals surface area contributed by atoms with Crippen molar-refractivity contribution in [3.05, 3.63) is 35.4 Å². The summed E-state index contributed by atoms with van der Waals surface area (Å²) in [6.07, 6.45) is 0.0470. The van der Waals surface area contributed by atoms with E-state index < -0.39 is 20.1 Å². The van der Waals surface area contributed by atoms with Gasteiger partial charge in [-0.05, 0) is 12.5 Å². The van der Waals surface area contributed by atoms with Gasteiger partial charge in [0.1, 0.15) is 10.3 Å². The molecule has 1 rings (SSSR count). The van der Waals surface area contributed by atoms with Crippen LogP contribution in [0.5, 0.6) is 0 Å². The molecule has 0 radical (unpaired) electrons. The molecule has 0 saturated carbocycles. The zero-order chi connectivity index (χ0) is 11.6. The Morgan fingerprint density at radius 3 is 2.47 bits per heavy atom. The first-order chi connectivity index (χ1) is 6.82. The Bertz CT molecular complexity index is 442. The minimum absolute atomic E-state index is 0.599. The van der Waals surface area contributed by atoms with Gasteiger partial charge in [-0.25, -0.2) is 8.42 Å². The number of aliphatic hydroxyl groups excluding tert-OH is 1. The van der Waals surface area contributed by atoms with E-state index in [0.717, 1.165) is 11.8 Å². The van der Waals surface area contributed by atoms with E-state index in [9.17, 15) is 13.5 Å². The van der Waals surface area contributed by atoms with Gasteiger partial charge in [0.2, 0.25) is 0 Å². The number of aliphatic hydroxyl groups is 1. The van der Waals surface area contributed by atoms with Crippen molar-refractivity contribution in [1.29, 1.82) is 0 Å². The molecule has 0 aromatic heterocycles. The first kappa shape index (κ1) is 12.7. The number of sulfone groups is 1. The van der Waals surface area contributed by atoms with Crippen molar-refractivity contribution in [2.75, 3.05) is 6.26 Å². The fraction of sp³-hybridized carbons (Fsp3) is 0.400. The molecule has 3 nitrogen and oxygen atoms in total. The lowest BCUT2D eigenvalue weighted by Gasteiger charge is -2.16. The number of hydrogen-bond acceptors (Lipinski definition) is 3. The third-order valence-electron chi connectivity index (χ3n) is 2.04. The van der Waals surface area contributed by atoms with Crippen molar-refractivity contribution in [1.82, 2.24) is 0 Å². The molecular weight excluding hydrogens is 280 g/mol. The van der Waals surface area contributed by atoms with Gasteiger partial charge in [0.25, 0.3) is 0 Å². The van der Waals surface area contributed by atoms with Crippen molar-refractivity contribution >= 4 is 25.8 Å². The highest BCUT2D eigenvalue weighted by Gasteiger charge is 2.27. The van der Waals surface area contributed by atoms with Gasteiger partial charge in [0.05, 0.1) is 0 Å². The average Bonchev–Trinajstić information content (AvgIpc) is 2.14. The molecule has 0 amide bonds. The largest absolute Gasteiger partial charge is 0.386 e. The summed E-state index contributed by atoms with van der Waals surface area (Å²) in [5, 5.41) is 9.82. The van der Waals surface area contributed by atoms with E-state index in [-0.39, 0.29) is 0 Å². The Kier molecular flexibility index (Phi) is 3.92. The molecule has 0 aliphatic carbocycles. The highest BCUT2D eigenvalue weighted by Crippen LogP contribution is 2.26. The van der Waals surface area contributed by atoms with Crippen LogP contribution in [0.1, 0.15) is 17.2 Å². The van der Waals surface area contributed by atoms with Crippen LogP contribution in [-0.4, -0.2) is 23.9 Å². The molecule has 84 valence electrons. The Hall–Kier alpha value is -0.390. The van der Waals surface area contributed by atoms with Gasteiger partial charge < -0.3 is 5.11 Å². The van der Waals surface area contributed by atoms with Gasteiger partial charge in [-0.15, -0.1) is 0 Å². The molecule has 1 aromatic carbocycles. The summed E-state index contributed by atoms with van der Waals surface area (Å²) < 4.78 is 21.5. The maximum absolute atomic E-state index is 11.2. The predicted molar refractivity (Wildman–Crippen MR) is 63.7 cm³/mol. The summed E-state index contributed by atoms with van der Waals surface area (Å²) in [4.78, 5) is 0. The van der Waals surface area contributed by atoms with Crippen LogP contribution in [0.4, 0.5) is 0 Å². The SMILES string of the molecule is Cc1cccc([C@H](O)[C@@H](Br)S(C)(=O)=O)c1. The second-order valence-electron chi connectivity index (χ2n) is 3.54. The zero-order valence-corrected chi connectivity index (χ0v) is 10.9. The molecule has 0 aliphatic heterocycles. The molecule has 0 saturated heterocycles. The van der Waals surface area contributed by atoms with Crippen LogP contribution in [0.15, 0.2) is 24.3 Å². The molecule has 0 unspecified atom stereocenters. The summed E-state index contributed by atoms with van der Waals surface area (Å²) in [7, 11) is -3.30. The van der Waals surface area contributed by atoms with Crippen molar-refractivity contribution < 1.29 is 13.5 Å². The van der Waals surface area contributed by atoms with Crippen molar-refractivity contribution in [2.45, 2.75) is 17.2 Å². The molecule has 0 bridgehead atoms. The number of hydrogen-bond donors (Lipinski definition) is 1. The number of aryl methyl sites for hydroxylation is 1. The molecule has 5 heteroatoms. The lowest BCUT2D eigenvalue weighted by atomic mass is 10.1. The van der Waals surface area contributed by atoms with Crippen LogP contribution in [0.3, 0.4) is 0 Å². The standard InChI is InChI=1S/C10H13BrO3S/c1-7-4-3-5-8(6-7)9(12)10(11)15(2,13)14/h3-6,9-10,12H,1-2H3/t9-,10-/m0/s1. The lowest BCUT2D eigenvalue weighted by Crippen LogP contribution is -2.21. The Balaban J connectivity index is 3.00. The maximum atomic E-state index is 11.2. The molecule has 0 aliphatic rings. The van der Waals surface area contributed by atoms with E-state index >= 15 is 0 Å². The van der Waals surface area contributed by atoms with Gasteiger partial charge in [-0.1, -0.05) is 45.8 Å². The number of rotatable bonds is 3. The van der Waals surface area contributed by atoms with Crippen LogP contribution in [0.2, 0.25) is 0 Å². The van der Waals surface area contributed by atoms with E-state index in [4.69, 9.17) is 0 Å². The normalized spacial score (nSPS) is 16.0. The summed E-state index contributed by atoms with van der Waals surface area (Å²) >= 11 is 2.99. The molecule has 0 spiro atoms. The monoisotopic (exact) mass is 292 g/mol. The van der Waals surface area contributed by atoms with E-state index in [2.05, 4.69) is 15.9 Å². The molecule has 2 atom stereocenters. The zero-order valence-electron chi connectivity index (χ0n) is 8.51. The summed E-state index contributed by atoms with van der Waals surface area (Å²) in [5.41, 5.74) is 1.59. The van der Waals surface area contributed by atoms with Crippen molar-refractivity contribution in [3.8, 4) is 0 Å². The molecule has 0 fully saturated rings. The second kappa shape index (κ2) is 4.63. The van der Waals surface area contributed by atoms with Gasteiger partial charge in [0.15, 0.2) is 9.84 Å². The fourth-order valence-electron chi connectivity index (χ4n) is 1.24. The fourth-order valence-corrected chi connectivity index (χ4v) is 2.17. The number of halogens is 1. The van der Waals surface area contributed by atoms with E-state index in [0.29, 0.717) is 5.56 Å². The topological polar surface area (TPSA) is 54.4 Å². The van der Waals surface area contributed by atoms with Crippen LogP contribution < -0.4 is 0 Å². The molecule has 1 aromatic rings. The van der Waals surface area contributed by atoms with Gasteiger partial charge in [-0.3, -0.25) is 0 Å². The number of benzene rings is 1. The van der Waals surface area contributed by atoms with Crippen LogP contribution >= 0.6 is 15.9 Å². The molecular formula is C10H13BrO3S. The van der Waals surface area contributed by atoms with E-state index in [1.807, 2.05) is 13.0 Å². The second-order valence-corrected chi connectivity index (χ2v) is 7.30. The highest BCUT2D eigenvalue weighted by molar-refractivity contribution is 9.11. The molecule has 15 heavy (non-hydrogen) atoms. The average molecular weight is 293 g/mol. The Labute approximate surface area is 98.2 Å². The van der Waals surface area contributed by atoms with Crippen LogP contribution in [0.25, 0.3) is 0 Å². The van der Waals surface area contributed by atoms with Gasteiger partial charge in [-0.2, -0.15) is 0 Å². The third-order valence-corrected chi connectivity index (χ3v) is 5.65. The molecule has 1 N–H and O–H groups in total. The predicted octanol–water partition coefficient (Wildman–Crippen LogP) is 1.79. The van der Waals surface area contributed by atoms with Crippen molar-refractivity contribution in [2.24, 2.45) is 0 Å². The number of alkyl halides is 1.